The summed E-state index contributed by atoms with van der Waals surface area (Å²) in [5.74, 6) is 0.517. The highest BCUT2D eigenvalue weighted by atomic mass is 19.1. The van der Waals surface area contributed by atoms with Crippen LogP contribution < -0.4 is 10.1 Å². The average Bonchev–Trinajstić information content (AvgIpc) is 3.30. The Hall–Kier alpha value is -3.17. The molecule has 4 rings (SSSR count). The molecule has 0 aliphatic carbocycles. The number of likely N-dealkylation sites (tertiary alicyclic amines) is 1. The van der Waals surface area contributed by atoms with E-state index in [2.05, 4.69) is 25.4 Å². The molecule has 4 heterocycles. The molecule has 0 saturated carbocycles. The van der Waals surface area contributed by atoms with Crippen LogP contribution in [0.4, 0.5) is 16.0 Å². The molecule has 0 bridgehead atoms. The summed E-state index contributed by atoms with van der Waals surface area (Å²) in [7, 11) is 0. The Morgan fingerprint density at radius 2 is 2.28 bits per heavy atom. The molecule has 154 valence electrons. The van der Waals surface area contributed by atoms with Gasteiger partial charge in [0, 0.05) is 32.4 Å². The number of halogens is 1. The third-order valence-corrected chi connectivity index (χ3v) is 5.10. The number of hydrogen-bond donors (Lipinski definition) is 2. The fraction of sp³-hybridized carbons (Fsp3) is 0.474. The van der Waals surface area contributed by atoms with Gasteiger partial charge in [-0.3, -0.25) is 9.48 Å². The van der Waals surface area contributed by atoms with Crippen LogP contribution in [-0.4, -0.2) is 60.9 Å². The van der Waals surface area contributed by atoms with E-state index in [0.717, 1.165) is 17.8 Å². The van der Waals surface area contributed by atoms with E-state index in [4.69, 9.17) is 4.74 Å². The van der Waals surface area contributed by atoms with Crippen molar-refractivity contribution in [3.8, 4) is 5.88 Å². The highest BCUT2D eigenvalue weighted by Gasteiger charge is 2.33. The van der Waals surface area contributed by atoms with Crippen LogP contribution in [0.5, 0.6) is 5.88 Å². The fourth-order valence-electron chi connectivity index (χ4n) is 3.45. The third kappa shape index (κ3) is 3.87. The molecule has 0 unspecified atom stereocenters. The number of amides is 1. The number of carbonyl (C=O) groups is 1. The van der Waals surface area contributed by atoms with E-state index in [-0.39, 0.29) is 24.8 Å². The van der Waals surface area contributed by atoms with Gasteiger partial charge in [0.2, 0.25) is 17.7 Å². The summed E-state index contributed by atoms with van der Waals surface area (Å²) in [5.41, 5.74) is 2.23. The van der Waals surface area contributed by atoms with Crippen LogP contribution >= 0.6 is 0 Å². The molecule has 10 heteroatoms. The molecule has 2 atom stereocenters. The van der Waals surface area contributed by atoms with Gasteiger partial charge in [0.1, 0.15) is 17.9 Å². The average molecular weight is 401 g/mol. The summed E-state index contributed by atoms with van der Waals surface area (Å²) in [5, 5.41) is 8.03. The van der Waals surface area contributed by atoms with Crippen LogP contribution in [0.2, 0.25) is 0 Å². The molecule has 1 saturated heterocycles. The van der Waals surface area contributed by atoms with Gasteiger partial charge in [-0.25, -0.2) is 4.39 Å². The summed E-state index contributed by atoms with van der Waals surface area (Å²) < 4.78 is 22.3. The van der Waals surface area contributed by atoms with Crippen LogP contribution in [-0.2, 0) is 11.3 Å². The largest absolute Gasteiger partial charge is 0.469 e. The van der Waals surface area contributed by atoms with E-state index >= 15 is 0 Å². The number of rotatable bonds is 5. The lowest BCUT2D eigenvalue weighted by atomic mass is 10.1. The molecule has 2 N–H and O–H groups in total. The SMILES string of the molecule is CCn1cc(Nc2nc(O[C@H]3CN(C(C)=O)CC[C@H]3F)c3c(C)c[nH]c3n2)cn1. The van der Waals surface area contributed by atoms with Crippen LogP contribution in [0.25, 0.3) is 11.0 Å². The first-order valence-corrected chi connectivity index (χ1v) is 9.66. The Kier molecular flexibility index (Phi) is 5.08. The molecule has 0 aromatic carbocycles. The monoisotopic (exact) mass is 401 g/mol. The number of fused-ring (bicyclic) bond motifs is 1. The van der Waals surface area contributed by atoms with Crippen molar-refractivity contribution in [2.24, 2.45) is 0 Å². The fourth-order valence-corrected chi connectivity index (χ4v) is 3.45. The summed E-state index contributed by atoms with van der Waals surface area (Å²) >= 11 is 0. The molecule has 9 nitrogen and oxygen atoms in total. The van der Waals surface area contributed by atoms with Crippen molar-refractivity contribution < 1.29 is 13.9 Å². The standard InChI is InChI=1S/C19H24FN7O2/c1-4-27-9-13(8-22-27)23-19-24-17-16(11(2)7-21-17)18(25-19)29-15-10-26(12(3)28)6-5-14(15)20/h7-9,14-15H,4-6,10H2,1-3H3,(H2,21,23,24,25)/t14-,15+/m1/s1. The van der Waals surface area contributed by atoms with Gasteiger partial charge in [-0.15, -0.1) is 0 Å². The van der Waals surface area contributed by atoms with E-state index < -0.39 is 12.3 Å². The zero-order chi connectivity index (χ0) is 20.5. The number of ether oxygens (including phenoxy) is 1. The number of aromatic amines is 1. The molecule has 1 aliphatic heterocycles. The Morgan fingerprint density at radius 3 is 3.00 bits per heavy atom. The molecule has 0 radical (unpaired) electrons. The molecular formula is C19H24FN7O2. The van der Waals surface area contributed by atoms with Crippen molar-refractivity contribution in [2.45, 2.75) is 46.0 Å². The van der Waals surface area contributed by atoms with Crippen molar-refractivity contribution in [3.63, 3.8) is 0 Å². The zero-order valence-corrected chi connectivity index (χ0v) is 16.6. The van der Waals surface area contributed by atoms with E-state index in [1.807, 2.05) is 20.0 Å². The number of nitrogens with zero attached hydrogens (tertiary/aromatic N) is 5. The smallest absolute Gasteiger partial charge is 0.232 e. The van der Waals surface area contributed by atoms with Gasteiger partial charge in [-0.1, -0.05) is 0 Å². The van der Waals surface area contributed by atoms with Gasteiger partial charge in [-0.2, -0.15) is 15.1 Å². The number of H-pyrrole nitrogens is 1. The Bertz CT molecular complexity index is 1030. The first-order chi connectivity index (χ1) is 13.9. The lowest BCUT2D eigenvalue weighted by Crippen LogP contribution is -2.49. The number of aryl methyl sites for hydroxylation is 2. The number of carbonyl (C=O) groups excluding carboxylic acids is 1. The minimum atomic E-state index is -1.17. The van der Waals surface area contributed by atoms with Crippen molar-refractivity contribution in [1.82, 2.24) is 29.6 Å². The van der Waals surface area contributed by atoms with Crippen LogP contribution in [0, 0.1) is 6.92 Å². The maximum Gasteiger partial charge on any atom is 0.232 e. The number of piperidine rings is 1. The number of alkyl halides is 1. The summed E-state index contributed by atoms with van der Waals surface area (Å²) in [4.78, 5) is 25.4. The highest BCUT2D eigenvalue weighted by Crippen LogP contribution is 2.30. The minimum absolute atomic E-state index is 0.0912. The van der Waals surface area contributed by atoms with Gasteiger partial charge in [-0.05, 0) is 25.8 Å². The number of hydrogen-bond acceptors (Lipinski definition) is 6. The maximum atomic E-state index is 14.5. The normalized spacial score (nSPS) is 19.5. The van der Waals surface area contributed by atoms with Gasteiger partial charge < -0.3 is 19.9 Å². The van der Waals surface area contributed by atoms with Gasteiger partial charge >= 0.3 is 0 Å². The first-order valence-electron chi connectivity index (χ1n) is 9.66. The number of aromatic nitrogens is 5. The van der Waals surface area contributed by atoms with E-state index in [1.165, 1.54) is 6.92 Å². The van der Waals surface area contributed by atoms with Crippen molar-refractivity contribution in [2.75, 3.05) is 18.4 Å². The lowest BCUT2D eigenvalue weighted by Gasteiger charge is -2.34. The molecule has 1 fully saturated rings. The predicted octanol–water partition coefficient (Wildman–Crippen LogP) is 2.56. The predicted molar refractivity (Wildman–Crippen MR) is 106 cm³/mol. The number of anilines is 2. The zero-order valence-electron chi connectivity index (χ0n) is 16.6. The summed E-state index contributed by atoms with van der Waals surface area (Å²) in [6.45, 7) is 6.72. The minimum Gasteiger partial charge on any atom is -0.469 e. The van der Waals surface area contributed by atoms with Gasteiger partial charge in [0.15, 0.2) is 0 Å². The van der Waals surface area contributed by atoms with Gasteiger partial charge in [0.05, 0.1) is 23.8 Å². The van der Waals surface area contributed by atoms with Crippen molar-refractivity contribution in [3.05, 3.63) is 24.2 Å². The van der Waals surface area contributed by atoms with Crippen LogP contribution in [0.3, 0.4) is 0 Å². The second-order valence-electron chi connectivity index (χ2n) is 7.18. The molecule has 3 aromatic heterocycles. The van der Waals surface area contributed by atoms with E-state index in [0.29, 0.717) is 23.5 Å². The van der Waals surface area contributed by atoms with E-state index in [9.17, 15) is 9.18 Å². The topological polar surface area (TPSA) is 101 Å². The third-order valence-electron chi connectivity index (χ3n) is 5.10. The summed E-state index contributed by atoms with van der Waals surface area (Å²) in [6.07, 6.45) is 3.62. The second kappa shape index (κ2) is 7.69. The molecule has 0 spiro atoms. The van der Waals surface area contributed by atoms with Gasteiger partial charge in [0.25, 0.3) is 0 Å². The van der Waals surface area contributed by atoms with E-state index in [1.54, 1.807) is 22.0 Å². The first kappa shape index (κ1) is 19.2. The van der Waals surface area contributed by atoms with Crippen LogP contribution in [0.1, 0.15) is 25.8 Å². The number of nitrogens with one attached hydrogen (secondary N) is 2. The van der Waals surface area contributed by atoms with Crippen LogP contribution in [0.15, 0.2) is 18.6 Å². The molecule has 1 aliphatic rings. The van der Waals surface area contributed by atoms with Crippen molar-refractivity contribution in [1.29, 1.82) is 0 Å². The van der Waals surface area contributed by atoms with Crippen molar-refractivity contribution >= 4 is 28.6 Å². The molecule has 29 heavy (non-hydrogen) atoms. The Balaban J connectivity index is 1.65. The molecule has 3 aromatic rings. The lowest BCUT2D eigenvalue weighted by molar-refractivity contribution is -0.132. The quantitative estimate of drug-likeness (QED) is 0.681. The second-order valence-corrected chi connectivity index (χ2v) is 7.18. The Morgan fingerprint density at radius 1 is 1.45 bits per heavy atom. The summed E-state index contributed by atoms with van der Waals surface area (Å²) in [6, 6.07) is 0. The molecule has 1 amide bonds. The molecular weight excluding hydrogens is 377 g/mol. The highest BCUT2D eigenvalue weighted by molar-refractivity contribution is 5.86. The Labute approximate surface area is 167 Å². The maximum absolute atomic E-state index is 14.5.